The predicted octanol–water partition coefficient (Wildman–Crippen LogP) is 1.85. The van der Waals surface area contributed by atoms with Crippen molar-refractivity contribution < 1.29 is 28.5 Å². The average molecular weight is 294 g/mol. The standard InChI is InChI=1S/C15H18O6/c1-18-12-6-10(7-13(19-2)14(12)20-3)11(16)8-21-15(17)9-4-5-9/h6-7,9H,4-5,8H2,1-3H3. The van der Waals surface area contributed by atoms with Crippen molar-refractivity contribution in [3.63, 3.8) is 0 Å². The molecule has 0 amide bonds. The van der Waals surface area contributed by atoms with Crippen molar-refractivity contribution in [2.24, 2.45) is 5.92 Å². The minimum Gasteiger partial charge on any atom is -0.493 e. The third kappa shape index (κ3) is 3.45. The van der Waals surface area contributed by atoms with Crippen LogP contribution in [0.15, 0.2) is 12.1 Å². The molecular weight excluding hydrogens is 276 g/mol. The Bertz CT molecular complexity index is 522. The summed E-state index contributed by atoms with van der Waals surface area (Å²) >= 11 is 0. The third-order valence-electron chi connectivity index (χ3n) is 3.24. The summed E-state index contributed by atoms with van der Waals surface area (Å²) in [4.78, 5) is 23.5. The van der Waals surface area contributed by atoms with Crippen molar-refractivity contribution in [3.8, 4) is 17.2 Å². The number of Topliss-reactive ketones (excluding diaryl/α,β-unsaturated/α-hetero) is 1. The van der Waals surface area contributed by atoms with Gasteiger partial charge in [0.25, 0.3) is 0 Å². The minimum atomic E-state index is -0.316. The van der Waals surface area contributed by atoms with E-state index in [-0.39, 0.29) is 24.3 Å². The van der Waals surface area contributed by atoms with Gasteiger partial charge in [-0.05, 0) is 25.0 Å². The van der Waals surface area contributed by atoms with E-state index in [1.165, 1.54) is 33.5 Å². The summed E-state index contributed by atoms with van der Waals surface area (Å²) in [5.41, 5.74) is 0.341. The summed E-state index contributed by atoms with van der Waals surface area (Å²) in [6, 6.07) is 3.07. The molecule has 0 atom stereocenters. The zero-order valence-electron chi connectivity index (χ0n) is 12.3. The Labute approximate surface area is 122 Å². The summed E-state index contributed by atoms with van der Waals surface area (Å²) in [5, 5.41) is 0. The van der Waals surface area contributed by atoms with Gasteiger partial charge in [0.05, 0.1) is 27.2 Å². The molecule has 114 valence electrons. The quantitative estimate of drug-likeness (QED) is 0.564. The number of ether oxygens (including phenoxy) is 4. The predicted molar refractivity (Wildman–Crippen MR) is 74.1 cm³/mol. The van der Waals surface area contributed by atoms with Gasteiger partial charge in [-0.2, -0.15) is 0 Å². The molecule has 1 aromatic rings. The molecule has 1 aliphatic carbocycles. The van der Waals surface area contributed by atoms with Crippen LogP contribution in [0.4, 0.5) is 0 Å². The Kier molecular flexibility index (Phi) is 4.67. The molecule has 2 rings (SSSR count). The number of hydrogen-bond donors (Lipinski definition) is 0. The fourth-order valence-electron chi connectivity index (χ4n) is 1.90. The molecule has 0 radical (unpaired) electrons. The van der Waals surface area contributed by atoms with E-state index in [9.17, 15) is 9.59 Å². The van der Waals surface area contributed by atoms with Crippen LogP contribution < -0.4 is 14.2 Å². The summed E-state index contributed by atoms with van der Waals surface area (Å²) in [5.74, 6) is 0.519. The van der Waals surface area contributed by atoms with Gasteiger partial charge in [0, 0.05) is 5.56 Å². The first kappa shape index (κ1) is 15.2. The maximum atomic E-state index is 12.1. The van der Waals surface area contributed by atoms with Crippen molar-refractivity contribution in [1.82, 2.24) is 0 Å². The lowest BCUT2D eigenvalue weighted by atomic mass is 10.1. The lowest BCUT2D eigenvalue weighted by molar-refractivity contribution is -0.144. The fraction of sp³-hybridized carbons (Fsp3) is 0.467. The molecular formula is C15H18O6. The van der Waals surface area contributed by atoms with Gasteiger partial charge < -0.3 is 18.9 Å². The SMILES string of the molecule is COc1cc(C(=O)COC(=O)C2CC2)cc(OC)c1OC. The Morgan fingerprint density at radius 3 is 2.05 bits per heavy atom. The van der Waals surface area contributed by atoms with Gasteiger partial charge in [0.2, 0.25) is 11.5 Å². The maximum absolute atomic E-state index is 12.1. The van der Waals surface area contributed by atoms with Crippen LogP contribution in [-0.2, 0) is 9.53 Å². The fourth-order valence-corrected chi connectivity index (χ4v) is 1.90. The number of rotatable bonds is 7. The van der Waals surface area contributed by atoms with Gasteiger partial charge >= 0.3 is 5.97 Å². The average Bonchev–Trinajstić information content (AvgIpc) is 3.35. The summed E-state index contributed by atoms with van der Waals surface area (Å²) in [6.07, 6.45) is 1.69. The van der Waals surface area contributed by atoms with E-state index < -0.39 is 0 Å². The highest BCUT2D eigenvalue weighted by molar-refractivity contribution is 5.99. The van der Waals surface area contributed by atoms with E-state index >= 15 is 0 Å². The maximum Gasteiger partial charge on any atom is 0.309 e. The number of carbonyl (C=O) groups is 2. The van der Waals surface area contributed by atoms with Gasteiger partial charge in [-0.3, -0.25) is 9.59 Å². The summed E-state index contributed by atoms with van der Waals surface area (Å²) < 4.78 is 20.5. The van der Waals surface area contributed by atoms with Gasteiger partial charge in [0.1, 0.15) is 0 Å². The zero-order valence-corrected chi connectivity index (χ0v) is 12.3. The number of esters is 1. The largest absolute Gasteiger partial charge is 0.493 e. The van der Waals surface area contributed by atoms with Crippen molar-refractivity contribution in [2.45, 2.75) is 12.8 Å². The summed E-state index contributed by atoms with van der Waals surface area (Å²) in [6.45, 7) is -0.284. The lowest BCUT2D eigenvalue weighted by Gasteiger charge is -2.13. The molecule has 6 heteroatoms. The first-order valence-corrected chi connectivity index (χ1v) is 6.60. The molecule has 0 aromatic heterocycles. The van der Waals surface area contributed by atoms with E-state index in [0.29, 0.717) is 22.8 Å². The van der Waals surface area contributed by atoms with E-state index in [1.807, 2.05) is 0 Å². The molecule has 0 saturated heterocycles. The molecule has 1 aliphatic rings. The topological polar surface area (TPSA) is 71.1 Å². The number of hydrogen-bond acceptors (Lipinski definition) is 6. The molecule has 0 spiro atoms. The van der Waals surface area contributed by atoms with Gasteiger partial charge in [-0.25, -0.2) is 0 Å². The van der Waals surface area contributed by atoms with Crippen molar-refractivity contribution in [2.75, 3.05) is 27.9 Å². The molecule has 1 fully saturated rings. The highest BCUT2D eigenvalue weighted by atomic mass is 16.5. The van der Waals surface area contributed by atoms with E-state index in [2.05, 4.69) is 0 Å². The molecule has 1 aromatic carbocycles. The van der Waals surface area contributed by atoms with Gasteiger partial charge in [-0.15, -0.1) is 0 Å². The first-order valence-electron chi connectivity index (χ1n) is 6.60. The molecule has 1 saturated carbocycles. The van der Waals surface area contributed by atoms with Crippen LogP contribution >= 0.6 is 0 Å². The van der Waals surface area contributed by atoms with Gasteiger partial charge in [0.15, 0.2) is 18.1 Å². The Morgan fingerprint density at radius 1 is 1.05 bits per heavy atom. The molecule has 0 N–H and O–H groups in total. The second-order valence-electron chi connectivity index (χ2n) is 4.72. The second kappa shape index (κ2) is 6.47. The molecule has 21 heavy (non-hydrogen) atoms. The van der Waals surface area contributed by atoms with Gasteiger partial charge in [-0.1, -0.05) is 0 Å². The van der Waals surface area contributed by atoms with E-state index in [1.54, 1.807) is 0 Å². The number of carbonyl (C=O) groups excluding carboxylic acids is 2. The Morgan fingerprint density at radius 2 is 1.62 bits per heavy atom. The van der Waals surface area contributed by atoms with Crippen LogP contribution in [0.2, 0.25) is 0 Å². The molecule has 0 unspecified atom stereocenters. The van der Waals surface area contributed by atoms with Crippen LogP contribution in [0.5, 0.6) is 17.2 Å². The second-order valence-corrected chi connectivity index (χ2v) is 4.72. The van der Waals surface area contributed by atoms with Crippen molar-refractivity contribution >= 4 is 11.8 Å². The van der Waals surface area contributed by atoms with E-state index in [0.717, 1.165) is 12.8 Å². The molecule has 6 nitrogen and oxygen atoms in total. The Balaban J connectivity index is 2.14. The smallest absolute Gasteiger partial charge is 0.309 e. The highest BCUT2D eigenvalue weighted by Gasteiger charge is 2.31. The van der Waals surface area contributed by atoms with Crippen LogP contribution in [0.25, 0.3) is 0 Å². The molecule has 0 aliphatic heterocycles. The lowest BCUT2D eigenvalue weighted by Crippen LogP contribution is -2.15. The zero-order chi connectivity index (χ0) is 15.4. The van der Waals surface area contributed by atoms with Crippen LogP contribution in [-0.4, -0.2) is 39.7 Å². The normalized spacial score (nSPS) is 13.5. The van der Waals surface area contributed by atoms with Crippen molar-refractivity contribution in [1.29, 1.82) is 0 Å². The van der Waals surface area contributed by atoms with Crippen LogP contribution in [0, 0.1) is 5.92 Å². The number of ketones is 1. The minimum absolute atomic E-state index is 0.0299. The number of benzene rings is 1. The number of methoxy groups -OCH3 is 3. The third-order valence-corrected chi connectivity index (χ3v) is 3.24. The molecule has 0 heterocycles. The molecule has 0 bridgehead atoms. The first-order chi connectivity index (χ1) is 10.1. The van der Waals surface area contributed by atoms with Crippen LogP contribution in [0.1, 0.15) is 23.2 Å². The summed E-state index contributed by atoms with van der Waals surface area (Å²) in [7, 11) is 4.43. The van der Waals surface area contributed by atoms with Crippen molar-refractivity contribution in [3.05, 3.63) is 17.7 Å². The van der Waals surface area contributed by atoms with Crippen LogP contribution in [0.3, 0.4) is 0 Å². The monoisotopic (exact) mass is 294 g/mol. The highest BCUT2D eigenvalue weighted by Crippen LogP contribution is 2.38. The Hall–Kier alpha value is -2.24. The van der Waals surface area contributed by atoms with E-state index in [4.69, 9.17) is 18.9 Å².